The van der Waals surface area contributed by atoms with Crippen LogP contribution in [0.3, 0.4) is 0 Å². The second-order valence-corrected chi connectivity index (χ2v) is 7.68. The van der Waals surface area contributed by atoms with Crippen LogP contribution in [0.5, 0.6) is 0 Å². The van der Waals surface area contributed by atoms with Crippen molar-refractivity contribution in [2.45, 2.75) is 32.7 Å². The van der Waals surface area contributed by atoms with E-state index in [-0.39, 0.29) is 17.9 Å². The van der Waals surface area contributed by atoms with Crippen molar-refractivity contribution in [3.05, 3.63) is 47.2 Å². The Balaban J connectivity index is 0.000000552. The molecule has 0 aliphatic carbocycles. The Hall–Kier alpha value is -3.07. The molecule has 1 fully saturated rings. The van der Waals surface area contributed by atoms with Crippen LogP contribution in [-0.4, -0.2) is 44.8 Å². The number of anilines is 1. The zero-order valence-electron chi connectivity index (χ0n) is 16.5. The molecule has 1 aliphatic heterocycles. The van der Waals surface area contributed by atoms with Crippen LogP contribution in [0.2, 0.25) is 0 Å². The number of fused-ring (bicyclic) bond motifs is 1. The Labute approximate surface area is 173 Å². The highest BCUT2D eigenvalue weighted by Crippen LogP contribution is 2.26. The molecule has 152 valence electrons. The highest BCUT2D eigenvalue weighted by molar-refractivity contribution is 7.17. The number of thiophene rings is 1. The summed E-state index contributed by atoms with van der Waals surface area (Å²) in [5.74, 6) is 0.132. The monoisotopic (exact) mass is 412 g/mol. The van der Waals surface area contributed by atoms with Crippen molar-refractivity contribution < 1.29 is 9.59 Å². The summed E-state index contributed by atoms with van der Waals surface area (Å²) in [5, 5.41) is 5.23. The molecule has 0 bridgehead atoms. The van der Waals surface area contributed by atoms with Gasteiger partial charge in [-0.3, -0.25) is 14.6 Å². The quantitative estimate of drug-likeness (QED) is 0.681. The van der Waals surface area contributed by atoms with E-state index in [0.717, 1.165) is 41.8 Å². The van der Waals surface area contributed by atoms with Crippen molar-refractivity contribution >= 4 is 39.3 Å². The summed E-state index contributed by atoms with van der Waals surface area (Å²) < 4.78 is 0.855. The number of amides is 2. The predicted molar refractivity (Wildman–Crippen MR) is 114 cm³/mol. The van der Waals surface area contributed by atoms with Gasteiger partial charge in [-0.2, -0.15) is 0 Å². The lowest BCUT2D eigenvalue weighted by Crippen LogP contribution is -2.29. The fourth-order valence-corrected chi connectivity index (χ4v) is 3.85. The maximum absolute atomic E-state index is 12.9. The summed E-state index contributed by atoms with van der Waals surface area (Å²) in [4.78, 5) is 37.4. The molecule has 29 heavy (non-hydrogen) atoms. The van der Waals surface area contributed by atoms with Gasteiger partial charge in [-0.25, -0.2) is 9.97 Å². The van der Waals surface area contributed by atoms with Gasteiger partial charge in [0.2, 0.25) is 11.9 Å². The molecule has 0 saturated carbocycles. The zero-order valence-corrected chi connectivity index (χ0v) is 17.3. The van der Waals surface area contributed by atoms with E-state index >= 15 is 0 Å². The average molecular weight is 413 g/mol. The van der Waals surface area contributed by atoms with E-state index in [1.165, 1.54) is 18.3 Å². The smallest absolute Gasteiger partial charge is 0.274 e. The van der Waals surface area contributed by atoms with Crippen molar-refractivity contribution in [1.82, 2.24) is 19.9 Å². The molecule has 9 heteroatoms. The van der Waals surface area contributed by atoms with Gasteiger partial charge in [-0.1, -0.05) is 6.07 Å². The molecule has 1 unspecified atom stereocenters. The number of carbonyl (C=O) groups is 2. The summed E-state index contributed by atoms with van der Waals surface area (Å²) in [6, 6.07) is 7.67. The van der Waals surface area contributed by atoms with Crippen LogP contribution in [0.1, 0.15) is 48.9 Å². The maximum Gasteiger partial charge on any atom is 0.274 e. The number of primary amides is 1. The number of carbonyl (C=O) groups excluding carboxylic acids is 2. The Morgan fingerprint density at radius 3 is 2.59 bits per heavy atom. The fraction of sp³-hybridized carbons (Fsp3) is 0.350. The second kappa shape index (κ2) is 9.42. The van der Waals surface area contributed by atoms with Crippen molar-refractivity contribution in [2.24, 2.45) is 5.73 Å². The van der Waals surface area contributed by atoms with Gasteiger partial charge in [0.05, 0.1) is 22.0 Å². The minimum atomic E-state index is -0.333. The molecule has 1 saturated heterocycles. The third-order valence-corrected chi connectivity index (χ3v) is 5.29. The molecule has 3 N–H and O–H groups in total. The van der Waals surface area contributed by atoms with E-state index in [9.17, 15) is 9.59 Å². The lowest BCUT2D eigenvalue weighted by Gasteiger charge is -2.17. The molecular formula is C20H24N6O2S. The standard InChI is InChI=1S/C18H19N5OS.C2H5NO/c1-12(13-6-2-3-8-19-13)20-18-21-14-7-11-25-16(14)15(22-18)17(24)23-9-4-5-10-23;1-2(3)4/h2-3,6-8,11-12H,4-5,9-10H2,1H3,(H,20,21,22);1H3,(H2,3,4). The summed E-state index contributed by atoms with van der Waals surface area (Å²) in [6.45, 7) is 4.93. The van der Waals surface area contributed by atoms with E-state index in [4.69, 9.17) is 0 Å². The number of aromatic nitrogens is 3. The van der Waals surface area contributed by atoms with Gasteiger partial charge in [0.25, 0.3) is 5.91 Å². The van der Waals surface area contributed by atoms with Crippen molar-refractivity contribution in [1.29, 1.82) is 0 Å². The summed E-state index contributed by atoms with van der Waals surface area (Å²) in [5.41, 5.74) is 6.68. The third kappa shape index (κ3) is 5.26. The first-order valence-corrected chi connectivity index (χ1v) is 10.3. The number of likely N-dealkylation sites (tertiary alicyclic amines) is 1. The molecule has 0 aromatic carbocycles. The van der Waals surface area contributed by atoms with Crippen LogP contribution in [0.25, 0.3) is 10.2 Å². The average Bonchev–Trinajstić information content (AvgIpc) is 3.39. The van der Waals surface area contributed by atoms with Gasteiger partial charge in [0, 0.05) is 26.2 Å². The summed E-state index contributed by atoms with van der Waals surface area (Å²) in [6.07, 6.45) is 3.89. The van der Waals surface area contributed by atoms with Gasteiger partial charge in [0.1, 0.15) is 0 Å². The SMILES string of the molecule is CC(N)=O.CC(Nc1nc(C(=O)N2CCCC2)c2sccc2n1)c1ccccn1. The van der Waals surface area contributed by atoms with E-state index in [1.54, 1.807) is 6.20 Å². The van der Waals surface area contributed by atoms with Crippen molar-refractivity contribution in [3.63, 3.8) is 0 Å². The van der Waals surface area contributed by atoms with Gasteiger partial charge in [-0.05, 0) is 43.3 Å². The number of hydrogen-bond donors (Lipinski definition) is 2. The molecule has 2 amide bonds. The Morgan fingerprint density at radius 1 is 1.21 bits per heavy atom. The van der Waals surface area contributed by atoms with E-state index in [0.29, 0.717) is 11.6 Å². The van der Waals surface area contributed by atoms with E-state index in [1.807, 2.05) is 41.5 Å². The minimum Gasteiger partial charge on any atom is -0.370 e. The largest absolute Gasteiger partial charge is 0.370 e. The number of pyridine rings is 1. The van der Waals surface area contributed by atoms with Crippen LogP contribution in [0.4, 0.5) is 5.95 Å². The number of nitrogens with one attached hydrogen (secondary N) is 1. The van der Waals surface area contributed by atoms with Crippen LogP contribution in [0.15, 0.2) is 35.8 Å². The molecule has 4 rings (SSSR count). The third-order valence-electron chi connectivity index (χ3n) is 4.38. The first kappa shape index (κ1) is 20.7. The molecule has 1 atom stereocenters. The number of hydrogen-bond acceptors (Lipinski definition) is 7. The summed E-state index contributed by atoms with van der Waals surface area (Å²) in [7, 11) is 0. The first-order valence-electron chi connectivity index (χ1n) is 9.43. The van der Waals surface area contributed by atoms with Crippen molar-refractivity contribution in [3.8, 4) is 0 Å². The maximum atomic E-state index is 12.9. The van der Waals surface area contributed by atoms with Gasteiger partial charge in [-0.15, -0.1) is 11.3 Å². The number of rotatable bonds is 4. The molecule has 0 radical (unpaired) electrons. The Kier molecular flexibility index (Phi) is 6.71. The Morgan fingerprint density at radius 2 is 1.93 bits per heavy atom. The molecule has 1 aliphatic rings. The van der Waals surface area contributed by atoms with Crippen LogP contribution >= 0.6 is 11.3 Å². The minimum absolute atomic E-state index is 0.000823. The fourth-order valence-electron chi connectivity index (χ4n) is 3.04. The second-order valence-electron chi connectivity index (χ2n) is 6.76. The van der Waals surface area contributed by atoms with Crippen LogP contribution in [0, 0.1) is 0 Å². The highest BCUT2D eigenvalue weighted by Gasteiger charge is 2.24. The van der Waals surface area contributed by atoms with E-state index < -0.39 is 0 Å². The molecule has 3 aromatic heterocycles. The molecular weight excluding hydrogens is 388 g/mol. The van der Waals surface area contributed by atoms with E-state index in [2.05, 4.69) is 26.0 Å². The lowest BCUT2D eigenvalue weighted by atomic mass is 10.2. The first-order chi connectivity index (χ1) is 14.0. The molecule has 4 heterocycles. The highest BCUT2D eigenvalue weighted by atomic mass is 32.1. The zero-order chi connectivity index (χ0) is 20.8. The molecule has 0 spiro atoms. The van der Waals surface area contributed by atoms with Gasteiger partial charge in [0.15, 0.2) is 5.69 Å². The van der Waals surface area contributed by atoms with Gasteiger partial charge >= 0.3 is 0 Å². The summed E-state index contributed by atoms with van der Waals surface area (Å²) >= 11 is 1.51. The molecule has 8 nitrogen and oxygen atoms in total. The predicted octanol–water partition coefficient (Wildman–Crippen LogP) is 2.99. The Bertz CT molecular complexity index is 981. The van der Waals surface area contributed by atoms with Crippen LogP contribution < -0.4 is 11.1 Å². The number of nitrogens with zero attached hydrogens (tertiary/aromatic N) is 4. The molecule has 3 aromatic rings. The normalized spacial score (nSPS) is 14.2. The number of nitrogens with two attached hydrogens (primary N) is 1. The van der Waals surface area contributed by atoms with Gasteiger partial charge < -0.3 is 16.0 Å². The topological polar surface area (TPSA) is 114 Å². The lowest BCUT2D eigenvalue weighted by molar-refractivity contribution is -0.115. The van der Waals surface area contributed by atoms with Crippen molar-refractivity contribution in [2.75, 3.05) is 18.4 Å². The van der Waals surface area contributed by atoms with Crippen LogP contribution in [-0.2, 0) is 4.79 Å².